The average Bonchev–Trinajstić information content (AvgIpc) is 2.03. The highest BCUT2D eigenvalue weighted by atomic mass is 16.5. The van der Waals surface area contributed by atoms with Crippen LogP contribution in [0.2, 0.25) is 0 Å². The molecule has 0 unspecified atom stereocenters. The molecule has 0 aromatic rings. The second-order valence-electron chi connectivity index (χ2n) is 2.64. The van der Waals surface area contributed by atoms with E-state index in [0.717, 1.165) is 0 Å². The van der Waals surface area contributed by atoms with Crippen molar-refractivity contribution in [1.29, 1.82) is 0 Å². The standard InChI is InChI=1S/C8H17NO3/c1-9(2)8(10)4-5-12-7-6-11-3/h4-7H2,1-3H3. The molecule has 0 aliphatic heterocycles. The van der Waals surface area contributed by atoms with Crippen LogP contribution < -0.4 is 0 Å². The smallest absolute Gasteiger partial charge is 0.224 e. The van der Waals surface area contributed by atoms with Gasteiger partial charge in [0.15, 0.2) is 0 Å². The third kappa shape index (κ3) is 6.12. The summed E-state index contributed by atoms with van der Waals surface area (Å²) in [5.74, 6) is 0.0902. The minimum atomic E-state index is 0.0902. The fourth-order valence-corrected chi connectivity index (χ4v) is 0.627. The number of rotatable bonds is 6. The Labute approximate surface area is 73.4 Å². The summed E-state index contributed by atoms with van der Waals surface area (Å²) in [4.78, 5) is 12.5. The van der Waals surface area contributed by atoms with Crippen LogP contribution in [-0.2, 0) is 14.3 Å². The highest BCUT2D eigenvalue weighted by molar-refractivity contribution is 5.75. The molecule has 4 nitrogen and oxygen atoms in total. The number of hydrogen-bond donors (Lipinski definition) is 0. The van der Waals surface area contributed by atoms with Crippen LogP contribution in [0, 0.1) is 0 Å². The zero-order chi connectivity index (χ0) is 9.40. The minimum absolute atomic E-state index is 0.0902. The fraction of sp³-hybridized carbons (Fsp3) is 0.875. The lowest BCUT2D eigenvalue weighted by Crippen LogP contribution is -2.23. The fourth-order valence-electron chi connectivity index (χ4n) is 0.627. The molecule has 0 aliphatic rings. The molecule has 0 saturated carbocycles. The second kappa shape index (κ2) is 7.06. The quantitative estimate of drug-likeness (QED) is 0.538. The van der Waals surface area contributed by atoms with Gasteiger partial charge in [-0.2, -0.15) is 0 Å². The van der Waals surface area contributed by atoms with Crippen LogP contribution in [0.25, 0.3) is 0 Å². The van der Waals surface area contributed by atoms with Crippen molar-refractivity contribution in [3.63, 3.8) is 0 Å². The molecule has 0 aromatic carbocycles. The van der Waals surface area contributed by atoms with Crippen LogP contribution in [0.5, 0.6) is 0 Å². The normalized spacial score (nSPS) is 9.92. The Bertz CT molecular complexity index is 125. The Morgan fingerprint density at radius 1 is 1.25 bits per heavy atom. The Morgan fingerprint density at radius 3 is 2.42 bits per heavy atom. The van der Waals surface area contributed by atoms with Crippen LogP contribution >= 0.6 is 0 Å². The maximum Gasteiger partial charge on any atom is 0.224 e. The van der Waals surface area contributed by atoms with E-state index in [4.69, 9.17) is 9.47 Å². The molecule has 0 atom stereocenters. The third-order valence-electron chi connectivity index (χ3n) is 1.39. The topological polar surface area (TPSA) is 38.8 Å². The molecule has 0 heterocycles. The molecule has 12 heavy (non-hydrogen) atoms. The van der Waals surface area contributed by atoms with Crippen molar-refractivity contribution < 1.29 is 14.3 Å². The molecule has 0 aliphatic carbocycles. The van der Waals surface area contributed by atoms with Crippen LogP contribution in [0.1, 0.15) is 6.42 Å². The van der Waals surface area contributed by atoms with Crippen molar-refractivity contribution in [2.24, 2.45) is 0 Å². The lowest BCUT2D eigenvalue weighted by Gasteiger charge is -2.09. The van der Waals surface area contributed by atoms with Gasteiger partial charge in [-0.1, -0.05) is 0 Å². The molecule has 0 fully saturated rings. The first-order valence-corrected chi connectivity index (χ1v) is 3.95. The minimum Gasteiger partial charge on any atom is -0.382 e. The summed E-state index contributed by atoms with van der Waals surface area (Å²) in [6.07, 6.45) is 0.441. The predicted molar refractivity (Wildman–Crippen MR) is 46.0 cm³/mol. The first-order chi connectivity index (χ1) is 5.68. The molecule has 0 aromatic heterocycles. The van der Waals surface area contributed by atoms with Crippen LogP contribution in [-0.4, -0.2) is 51.8 Å². The van der Waals surface area contributed by atoms with Gasteiger partial charge >= 0.3 is 0 Å². The highest BCUT2D eigenvalue weighted by Gasteiger charge is 2.02. The van der Waals surface area contributed by atoms with Gasteiger partial charge in [-0.25, -0.2) is 0 Å². The van der Waals surface area contributed by atoms with Crippen LogP contribution in [0.3, 0.4) is 0 Å². The van der Waals surface area contributed by atoms with Crippen molar-refractivity contribution in [3.8, 4) is 0 Å². The molecule has 72 valence electrons. The molecular weight excluding hydrogens is 158 g/mol. The summed E-state index contributed by atoms with van der Waals surface area (Å²) in [5, 5.41) is 0. The van der Waals surface area contributed by atoms with Gasteiger partial charge in [-0.05, 0) is 0 Å². The number of carbonyl (C=O) groups is 1. The lowest BCUT2D eigenvalue weighted by molar-refractivity contribution is -0.129. The van der Waals surface area contributed by atoms with E-state index in [1.54, 1.807) is 26.1 Å². The molecule has 0 bridgehead atoms. The third-order valence-corrected chi connectivity index (χ3v) is 1.39. The summed E-state index contributed by atoms with van der Waals surface area (Å²) in [5.41, 5.74) is 0. The van der Waals surface area contributed by atoms with Gasteiger partial charge in [0.25, 0.3) is 0 Å². The predicted octanol–water partition coefficient (Wildman–Crippen LogP) is 0.128. The Balaban J connectivity index is 3.14. The Kier molecular flexibility index (Phi) is 6.70. The van der Waals surface area contributed by atoms with Gasteiger partial charge in [0.2, 0.25) is 5.91 Å². The van der Waals surface area contributed by atoms with E-state index in [2.05, 4.69) is 0 Å². The molecular formula is C8H17NO3. The van der Waals surface area contributed by atoms with Crippen LogP contribution in [0.15, 0.2) is 0 Å². The van der Waals surface area contributed by atoms with E-state index in [0.29, 0.717) is 26.2 Å². The number of amides is 1. The maximum atomic E-state index is 11.0. The van der Waals surface area contributed by atoms with Gasteiger partial charge in [-0.3, -0.25) is 4.79 Å². The number of carbonyl (C=O) groups excluding carboxylic acids is 1. The number of ether oxygens (including phenoxy) is 2. The highest BCUT2D eigenvalue weighted by Crippen LogP contribution is 1.88. The molecule has 0 rings (SSSR count). The van der Waals surface area contributed by atoms with Gasteiger partial charge < -0.3 is 14.4 Å². The zero-order valence-electron chi connectivity index (χ0n) is 8.00. The largest absolute Gasteiger partial charge is 0.382 e. The van der Waals surface area contributed by atoms with Crippen molar-refractivity contribution >= 4 is 5.91 Å². The first-order valence-electron chi connectivity index (χ1n) is 3.95. The molecule has 1 amide bonds. The van der Waals surface area contributed by atoms with Crippen molar-refractivity contribution in [1.82, 2.24) is 4.90 Å². The van der Waals surface area contributed by atoms with E-state index in [-0.39, 0.29) is 5.91 Å². The van der Waals surface area contributed by atoms with Crippen molar-refractivity contribution in [2.75, 3.05) is 41.0 Å². The first kappa shape index (κ1) is 11.4. The van der Waals surface area contributed by atoms with Crippen LogP contribution in [0.4, 0.5) is 0 Å². The van der Waals surface area contributed by atoms with E-state index in [9.17, 15) is 4.79 Å². The molecule has 0 spiro atoms. The Morgan fingerprint density at radius 2 is 1.92 bits per heavy atom. The van der Waals surface area contributed by atoms with Gasteiger partial charge in [0.05, 0.1) is 26.2 Å². The zero-order valence-corrected chi connectivity index (χ0v) is 8.00. The summed E-state index contributed by atoms with van der Waals surface area (Å²) in [7, 11) is 5.09. The van der Waals surface area contributed by atoms with Gasteiger partial charge in [0, 0.05) is 21.2 Å². The van der Waals surface area contributed by atoms with E-state index in [1.807, 2.05) is 0 Å². The SMILES string of the molecule is COCCOCCC(=O)N(C)C. The van der Waals surface area contributed by atoms with Crippen molar-refractivity contribution in [2.45, 2.75) is 6.42 Å². The van der Waals surface area contributed by atoms with E-state index in [1.165, 1.54) is 0 Å². The number of hydrogen-bond acceptors (Lipinski definition) is 3. The summed E-state index contributed by atoms with van der Waals surface area (Å²) >= 11 is 0. The maximum absolute atomic E-state index is 11.0. The van der Waals surface area contributed by atoms with Gasteiger partial charge in [-0.15, -0.1) is 0 Å². The summed E-state index contributed by atoms with van der Waals surface area (Å²) in [6.45, 7) is 1.60. The summed E-state index contributed by atoms with van der Waals surface area (Å²) < 4.78 is 9.90. The Hall–Kier alpha value is -0.610. The summed E-state index contributed by atoms with van der Waals surface area (Å²) in [6, 6.07) is 0. The van der Waals surface area contributed by atoms with Crippen molar-refractivity contribution in [3.05, 3.63) is 0 Å². The average molecular weight is 175 g/mol. The van der Waals surface area contributed by atoms with Gasteiger partial charge in [0.1, 0.15) is 0 Å². The monoisotopic (exact) mass is 175 g/mol. The molecule has 4 heteroatoms. The second-order valence-corrected chi connectivity index (χ2v) is 2.64. The lowest BCUT2D eigenvalue weighted by atomic mass is 10.4. The van der Waals surface area contributed by atoms with E-state index < -0.39 is 0 Å². The molecule has 0 saturated heterocycles. The molecule has 0 N–H and O–H groups in total. The molecule has 0 radical (unpaired) electrons. The number of methoxy groups -OCH3 is 1. The van der Waals surface area contributed by atoms with E-state index >= 15 is 0 Å². The number of nitrogens with zero attached hydrogens (tertiary/aromatic N) is 1.